The third-order valence-corrected chi connectivity index (χ3v) is 7.19. The number of halogens is 1. The highest BCUT2D eigenvalue weighted by Crippen LogP contribution is 2.35. The number of ether oxygens (including phenoxy) is 1. The lowest BCUT2D eigenvalue weighted by atomic mass is 9.82. The second-order valence-electron chi connectivity index (χ2n) is 6.04. The van der Waals surface area contributed by atoms with E-state index in [1.807, 2.05) is 0 Å². The van der Waals surface area contributed by atoms with E-state index < -0.39 is 0 Å². The first-order chi connectivity index (χ1) is 10.8. The SMILES string of the molecule is CCC1(Oc2ccc([I+]c3ccccc3)cc2)CCCCC1. The average Bonchev–Trinajstić information content (AvgIpc) is 2.58. The molecule has 2 heteroatoms. The summed E-state index contributed by atoms with van der Waals surface area (Å²) in [6, 6.07) is 19.6. The lowest BCUT2D eigenvalue weighted by Crippen LogP contribution is -3.61. The molecule has 1 fully saturated rings. The molecule has 0 aliphatic heterocycles. The van der Waals surface area contributed by atoms with Crippen molar-refractivity contribution >= 4 is 0 Å². The molecule has 0 unspecified atom stereocenters. The fraction of sp³-hybridized carbons (Fsp3) is 0.400. The number of rotatable bonds is 5. The Kier molecular flexibility index (Phi) is 5.40. The van der Waals surface area contributed by atoms with Crippen LogP contribution in [0.2, 0.25) is 0 Å². The molecule has 0 aromatic heterocycles. The Morgan fingerprint density at radius 2 is 1.50 bits per heavy atom. The van der Waals surface area contributed by atoms with Gasteiger partial charge in [0.25, 0.3) is 0 Å². The van der Waals surface area contributed by atoms with Crippen LogP contribution in [0.3, 0.4) is 0 Å². The minimum absolute atomic E-state index is 0.0771. The molecule has 0 radical (unpaired) electrons. The van der Waals surface area contributed by atoms with Gasteiger partial charge in [0, 0.05) is 0 Å². The van der Waals surface area contributed by atoms with E-state index in [0.717, 1.165) is 12.2 Å². The summed E-state index contributed by atoms with van der Waals surface area (Å²) in [7, 11) is 0. The highest BCUT2D eigenvalue weighted by atomic mass is 127. The maximum Gasteiger partial charge on any atom is 0.357 e. The fourth-order valence-corrected chi connectivity index (χ4v) is 5.36. The molecule has 1 aliphatic carbocycles. The lowest BCUT2D eigenvalue weighted by molar-refractivity contribution is -0.597. The zero-order chi connectivity index (χ0) is 15.3. The Bertz CT molecular complexity index is 570. The first kappa shape index (κ1) is 15.9. The first-order valence-electron chi connectivity index (χ1n) is 8.29. The van der Waals surface area contributed by atoms with Crippen molar-refractivity contribution in [2.45, 2.75) is 51.0 Å². The molecule has 0 atom stereocenters. The number of hydrogen-bond acceptors (Lipinski definition) is 1. The van der Waals surface area contributed by atoms with Gasteiger partial charge in [-0.05, 0) is 68.5 Å². The maximum absolute atomic E-state index is 6.41. The van der Waals surface area contributed by atoms with Gasteiger partial charge in [-0.1, -0.05) is 31.5 Å². The van der Waals surface area contributed by atoms with Crippen LogP contribution >= 0.6 is 0 Å². The molecule has 0 bridgehead atoms. The summed E-state index contributed by atoms with van der Waals surface area (Å²) < 4.78 is 9.33. The predicted molar refractivity (Wildman–Crippen MR) is 87.0 cm³/mol. The van der Waals surface area contributed by atoms with Gasteiger partial charge in [0.2, 0.25) is 0 Å². The van der Waals surface area contributed by atoms with Gasteiger partial charge in [-0.25, -0.2) is 0 Å². The van der Waals surface area contributed by atoms with Crippen LogP contribution in [0.1, 0.15) is 45.4 Å². The van der Waals surface area contributed by atoms with E-state index in [1.54, 1.807) is 0 Å². The summed E-state index contributed by atoms with van der Waals surface area (Å²) in [5, 5.41) is 0. The van der Waals surface area contributed by atoms with Crippen molar-refractivity contribution in [1.82, 2.24) is 0 Å². The fourth-order valence-electron chi connectivity index (χ4n) is 3.14. The molecule has 3 rings (SSSR count). The molecule has 0 amide bonds. The Morgan fingerprint density at radius 3 is 2.14 bits per heavy atom. The number of hydrogen-bond donors (Lipinski definition) is 0. The molecule has 22 heavy (non-hydrogen) atoms. The van der Waals surface area contributed by atoms with Crippen molar-refractivity contribution in [3.05, 3.63) is 61.7 Å². The van der Waals surface area contributed by atoms with Gasteiger partial charge < -0.3 is 4.74 Å². The summed E-state index contributed by atoms with van der Waals surface area (Å²) in [4.78, 5) is 0. The van der Waals surface area contributed by atoms with E-state index in [-0.39, 0.29) is 26.8 Å². The maximum atomic E-state index is 6.41. The summed E-state index contributed by atoms with van der Waals surface area (Å²) in [6.07, 6.45) is 7.53. The van der Waals surface area contributed by atoms with Crippen LogP contribution in [0.4, 0.5) is 0 Å². The highest BCUT2D eigenvalue weighted by molar-refractivity contribution is 5.22. The Balaban J connectivity index is 1.66. The summed E-state index contributed by atoms with van der Waals surface area (Å²) in [5.41, 5.74) is 0.0915. The van der Waals surface area contributed by atoms with E-state index in [9.17, 15) is 0 Å². The molecular weight excluding hydrogens is 383 g/mol. The van der Waals surface area contributed by atoms with Gasteiger partial charge in [0.05, 0.1) is 0 Å². The minimum Gasteiger partial charge on any atom is -0.487 e. The molecule has 1 aliphatic rings. The van der Waals surface area contributed by atoms with Gasteiger partial charge in [0.1, 0.15) is 11.4 Å². The van der Waals surface area contributed by atoms with Crippen molar-refractivity contribution in [2.24, 2.45) is 0 Å². The quantitative estimate of drug-likeness (QED) is 0.692. The smallest absolute Gasteiger partial charge is 0.357 e. The zero-order valence-corrected chi connectivity index (χ0v) is 15.4. The van der Waals surface area contributed by atoms with Crippen molar-refractivity contribution < 1.29 is 25.9 Å². The van der Waals surface area contributed by atoms with Gasteiger partial charge >= 0.3 is 21.2 Å². The van der Waals surface area contributed by atoms with E-state index in [4.69, 9.17) is 4.74 Å². The first-order valence-corrected chi connectivity index (χ1v) is 10.4. The van der Waals surface area contributed by atoms with Crippen LogP contribution < -0.4 is 25.9 Å². The van der Waals surface area contributed by atoms with Gasteiger partial charge in [-0.3, -0.25) is 0 Å². The molecule has 0 heterocycles. The molecule has 0 saturated heterocycles. The van der Waals surface area contributed by atoms with E-state index in [1.165, 1.54) is 39.2 Å². The second kappa shape index (κ2) is 7.49. The standard InChI is InChI=1S/C20H24IO/c1-2-20(15-7-4-8-16-20)22-19-13-11-18(12-14-19)21-17-9-5-3-6-10-17/h3,5-6,9-14H,2,4,7-8,15-16H2,1H3/q+1. The molecule has 0 spiro atoms. The molecular formula is C20H24IO+. The van der Waals surface area contributed by atoms with Gasteiger partial charge in [-0.2, -0.15) is 0 Å². The van der Waals surface area contributed by atoms with Crippen molar-refractivity contribution in [3.63, 3.8) is 0 Å². The Morgan fingerprint density at radius 1 is 0.864 bits per heavy atom. The monoisotopic (exact) mass is 407 g/mol. The van der Waals surface area contributed by atoms with E-state index in [2.05, 4.69) is 61.5 Å². The molecule has 2 aromatic carbocycles. The molecule has 0 N–H and O–H groups in total. The lowest BCUT2D eigenvalue weighted by Gasteiger charge is -2.37. The summed E-state index contributed by atoms with van der Waals surface area (Å²) in [6.45, 7) is 2.26. The van der Waals surface area contributed by atoms with Crippen LogP contribution in [0.15, 0.2) is 54.6 Å². The Labute approximate surface area is 144 Å². The topological polar surface area (TPSA) is 9.23 Å². The van der Waals surface area contributed by atoms with Gasteiger partial charge in [0.15, 0.2) is 7.14 Å². The van der Waals surface area contributed by atoms with E-state index in [0.29, 0.717) is 0 Å². The van der Waals surface area contributed by atoms with Crippen molar-refractivity contribution in [1.29, 1.82) is 0 Å². The second-order valence-corrected chi connectivity index (χ2v) is 9.07. The minimum atomic E-state index is -0.0771. The third-order valence-electron chi connectivity index (χ3n) is 4.51. The normalized spacial score (nSPS) is 17.1. The van der Waals surface area contributed by atoms with Crippen molar-refractivity contribution in [3.8, 4) is 5.75 Å². The molecule has 116 valence electrons. The van der Waals surface area contributed by atoms with Crippen LogP contribution in [0, 0.1) is 7.14 Å². The van der Waals surface area contributed by atoms with Crippen LogP contribution in [0.25, 0.3) is 0 Å². The molecule has 1 nitrogen and oxygen atoms in total. The average molecular weight is 407 g/mol. The summed E-state index contributed by atoms with van der Waals surface area (Å²) >= 11 is -0.0771. The highest BCUT2D eigenvalue weighted by Gasteiger charge is 2.32. The number of benzene rings is 2. The van der Waals surface area contributed by atoms with Crippen LogP contribution in [-0.2, 0) is 0 Å². The largest absolute Gasteiger partial charge is 0.487 e. The van der Waals surface area contributed by atoms with Crippen LogP contribution in [0.5, 0.6) is 5.75 Å². The van der Waals surface area contributed by atoms with Crippen LogP contribution in [-0.4, -0.2) is 5.60 Å². The van der Waals surface area contributed by atoms with Crippen molar-refractivity contribution in [2.75, 3.05) is 0 Å². The predicted octanol–water partition coefficient (Wildman–Crippen LogP) is 2.31. The summed E-state index contributed by atoms with van der Waals surface area (Å²) in [5.74, 6) is 1.05. The third kappa shape index (κ3) is 4.03. The zero-order valence-electron chi connectivity index (χ0n) is 13.2. The molecule has 1 saturated carbocycles. The Hall–Kier alpha value is -1.03. The van der Waals surface area contributed by atoms with E-state index >= 15 is 0 Å². The molecule has 2 aromatic rings. The van der Waals surface area contributed by atoms with Gasteiger partial charge in [-0.15, -0.1) is 0 Å².